The molecule has 31 heavy (non-hydrogen) atoms. The highest BCUT2D eigenvalue weighted by molar-refractivity contribution is 5.85. The SMILES string of the molecule is C[C@@H](CC(=O)n1nc(-c2ccccc2)cc1-c1ccccc1)NOCc1ccccc1. The van der Waals surface area contributed by atoms with Gasteiger partial charge in [-0.2, -0.15) is 15.3 Å². The van der Waals surface area contributed by atoms with Crippen LogP contribution in [0.1, 0.15) is 23.7 Å². The van der Waals surface area contributed by atoms with Crippen molar-refractivity contribution >= 4 is 5.91 Å². The number of rotatable bonds is 8. The zero-order chi connectivity index (χ0) is 21.5. The zero-order valence-electron chi connectivity index (χ0n) is 17.4. The highest BCUT2D eigenvalue weighted by atomic mass is 16.6. The van der Waals surface area contributed by atoms with Crippen molar-refractivity contribution in [3.63, 3.8) is 0 Å². The largest absolute Gasteiger partial charge is 0.297 e. The minimum absolute atomic E-state index is 0.0932. The quantitative estimate of drug-likeness (QED) is 0.397. The van der Waals surface area contributed by atoms with Crippen LogP contribution in [0.4, 0.5) is 0 Å². The Morgan fingerprint density at radius 2 is 1.48 bits per heavy atom. The van der Waals surface area contributed by atoms with Gasteiger partial charge >= 0.3 is 0 Å². The average Bonchev–Trinajstić information content (AvgIpc) is 3.27. The topological polar surface area (TPSA) is 56.2 Å². The monoisotopic (exact) mass is 411 g/mol. The molecule has 0 amide bonds. The lowest BCUT2D eigenvalue weighted by Crippen LogP contribution is -2.30. The molecule has 0 spiro atoms. The summed E-state index contributed by atoms with van der Waals surface area (Å²) in [5, 5.41) is 4.64. The number of nitrogens with zero attached hydrogens (tertiary/aromatic N) is 2. The van der Waals surface area contributed by atoms with Crippen LogP contribution in [0.25, 0.3) is 22.5 Å². The van der Waals surface area contributed by atoms with Gasteiger partial charge in [-0.05, 0) is 18.6 Å². The van der Waals surface area contributed by atoms with Gasteiger partial charge in [0, 0.05) is 23.6 Å². The molecule has 156 valence electrons. The van der Waals surface area contributed by atoms with E-state index < -0.39 is 0 Å². The van der Waals surface area contributed by atoms with Gasteiger partial charge in [-0.25, -0.2) is 0 Å². The molecule has 0 bridgehead atoms. The van der Waals surface area contributed by atoms with Crippen molar-refractivity contribution in [3.05, 3.63) is 103 Å². The first-order chi connectivity index (χ1) is 15.2. The molecule has 0 unspecified atom stereocenters. The Morgan fingerprint density at radius 1 is 0.903 bits per heavy atom. The number of nitrogens with one attached hydrogen (secondary N) is 1. The van der Waals surface area contributed by atoms with Crippen molar-refractivity contribution in [2.75, 3.05) is 0 Å². The molecule has 1 heterocycles. The summed E-state index contributed by atoms with van der Waals surface area (Å²) in [5.74, 6) is -0.0932. The van der Waals surface area contributed by atoms with E-state index in [1.165, 1.54) is 4.68 Å². The first-order valence-electron chi connectivity index (χ1n) is 10.4. The van der Waals surface area contributed by atoms with Gasteiger partial charge in [0.05, 0.1) is 18.0 Å². The fraction of sp³-hybridized carbons (Fsp3) is 0.154. The molecule has 0 saturated heterocycles. The van der Waals surface area contributed by atoms with Crippen LogP contribution in [0.3, 0.4) is 0 Å². The van der Waals surface area contributed by atoms with E-state index in [1.807, 2.05) is 104 Å². The minimum atomic E-state index is -0.163. The zero-order valence-corrected chi connectivity index (χ0v) is 17.4. The molecule has 1 N–H and O–H groups in total. The summed E-state index contributed by atoms with van der Waals surface area (Å²) in [5.41, 5.74) is 7.51. The van der Waals surface area contributed by atoms with Crippen LogP contribution in [-0.4, -0.2) is 21.7 Å². The minimum Gasteiger partial charge on any atom is -0.297 e. The molecule has 4 rings (SSSR count). The van der Waals surface area contributed by atoms with Crippen LogP contribution in [-0.2, 0) is 11.4 Å². The van der Waals surface area contributed by atoms with E-state index in [9.17, 15) is 4.79 Å². The molecule has 0 aliphatic carbocycles. The predicted octanol–water partition coefficient (Wildman–Crippen LogP) is 5.36. The maximum Gasteiger partial charge on any atom is 0.249 e. The van der Waals surface area contributed by atoms with Gasteiger partial charge in [0.15, 0.2) is 0 Å². The first kappa shape index (κ1) is 20.7. The Bertz CT molecular complexity index is 1110. The van der Waals surface area contributed by atoms with Crippen molar-refractivity contribution < 1.29 is 9.63 Å². The number of carbonyl (C=O) groups excluding carboxylic acids is 1. The summed E-state index contributed by atoms with van der Waals surface area (Å²) in [6.45, 7) is 2.36. The Hall–Kier alpha value is -3.54. The molecule has 0 saturated carbocycles. The third kappa shape index (κ3) is 5.34. The number of aromatic nitrogens is 2. The molecule has 3 aromatic carbocycles. The summed E-state index contributed by atoms with van der Waals surface area (Å²) < 4.78 is 1.51. The Labute approximate surface area is 182 Å². The molecule has 0 fully saturated rings. The van der Waals surface area contributed by atoms with Crippen molar-refractivity contribution in [1.82, 2.24) is 15.3 Å². The van der Waals surface area contributed by atoms with E-state index in [0.29, 0.717) is 6.61 Å². The third-order valence-electron chi connectivity index (χ3n) is 4.93. The molecule has 5 nitrogen and oxygen atoms in total. The van der Waals surface area contributed by atoms with E-state index in [1.54, 1.807) is 0 Å². The number of benzene rings is 3. The van der Waals surface area contributed by atoms with Gasteiger partial charge in [0.1, 0.15) is 0 Å². The van der Waals surface area contributed by atoms with Crippen molar-refractivity contribution in [2.24, 2.45) is 0 Å². The van der Waals surface area contributed by atoms with E-state index in [0.717, 1.165) is 28.1 Å². The molecule has 1 aromatic heterocycles. The van der Waals surface area contributed by atoms with E-state index >= 15 is 0 Å². The van der Waals surface area contributed by atoms with Crippen molar-refractivity contribution in [2.45, 2.75) is 26.0 Å². The lowest BCUT2D eigenvalue weighted by atomic mass is 10.1. The summed E-state index contributed by atoms with van der Waals surface area (Å²) in [7, 11) is 0. The number of hydrogen-bond acceptors (Lipinski definition) is 4. The molecule has 1 atom stereocenters. The molecule has 0 radical (unpaired) electrons. The van der Waals surface area contributed by atoms with Crippen molar-refractivity contribution in [1.29, 1.82) is 0 Å². The van der Waals surface area contributed by atoms with Crippen LogP contribution in [0.5, 0.6) is 0 Å². The van der Waals surface area contributed by atoms with E-state index in [4.69, 9.17) is 4.84 Å². The number of hydroxylamine groups is 1. The first-order valence-corrected chi connectivity index (χ1v) is 10.4. The third-order valence-corrected chi connectivity index (χ3v) is 4.93. The molecule has 5 heteroatoms. The summed E-state index contributed by atoms with van der Waals surface area (Å²) in [4.78, 5) is 18.7. The molecular weight excluding hydrogens is 386 g/mol. The van der Waals surface area contributed by atoms with Gasteiger partial charge in [0.25, 0.3) is 0 Å². The average molecular weight is 412 g/mol. The Morgan fingerprint density at radius 3 is 2.13 bits per heavy atom. The standard InChI is InChI=1S/C26H25N3O2/c1-20(28-31-19-21-11-5-2-6-12-21)17-26(30)29-25(23-15-9-4-10-16-23)18-24(27-29)22-13-7-3-8-14-22/h2-16,18,20,28H,17,19H2,1H3/t20-/m0/s1. The van der Waals surface area contributed by atoms with E-state index in [-0.39, 0.29) is 18.4 Å². The van der Waals surface area contributed by atoms with Crippen LogP contribution in [0.15, 0.2) is 97.1 Å². The maximum absolute atomic E-state index is 13.1. The smallest absolute Gasteiger partial charge is 0.249 e. The van der Waals surface area contributed by atoms with Gasteiger partial charge in [-0.1, -0.05) is 91.0 Å². The highest BCUT2D eigenvalue weighted by Crippen LogP contribution is 2.26. The fourth-order valence-corrected chi connectivity index (χ4v) is 3.37. The Balaban J connectivity index is 1.49. The highest BCUT2D eigenvalue weighted by Gasteiger charge is 2.19. The lowest BCUT2D eigenvalue weighted by Gasteiger charge is -2.14. The van der Waals surface area contributed by atoms with Crippen LogP contribution in [0, 0.1) is 0 Å². The number of carbonyl (C=O) groups is 1. The molecular formula is C26H25N3O2. The van der Waals surface area contributed by atoms with Crippen LogP contribution < -0.4 is 5.48 Å². The molecule has 0 aliphatic rings. The summed E-state index contributed by atoms with van der Waals surface area (Å²) >= 11 is 0. The van der Waals surface area contributed by atoms with Crippen LogP contribution in [0.2, 0.25) is 0 Å². The summed E-state index contributed by atoms with van der Waals surface area (Å²) in [6.07, 6.45) is 0.254. The second-order valence-electron chi connectivity index (χ2n) is 7.45. The molecule has 4 aromatic rings. The Kier molecular flexibility index (Phi) is 6.67. The van der Waals surface area contributed by atoms with Crippen LogP contribution >= 0.6 is 0 Å². The second-order valence-corrected chi connectivity index (χ2v) is 7.45. The van der Waals surface area contributed by atoms with Gasteiger partial charge in [-0.3, -0.25) is 9.63 Å². The summed E-state index contributed by atoms with van der Waals surface area (Å²) in [6, 6.07) is 31.4. The van der Waals surface area contributed by atoms with Crippen molar-refractivity contribution in [3.8, 4) is 22.5 Å². The fourth-order valence-electron chi connectivity index (χ4n) is 3.37. The maximum atomic E-state index is 13.1. The predicted molar refractivity (Wildman–Crippen MR) is 122 cm³/mol. The molecule has 0 aliphatic heterocycles. The van der Waals surface area contributed by atoms with Gasteiger partial charge in [0.2, 0.25) is 5.91 Å². The second kappa shape index (κ2) is 9.98. The lowest BCUT2D eigenvalue weighted by molar-refractivity contribution is 0.00564. The normalized spacial score (nSPS) is 11.9. The number of hydrogen-bond donors (Lipinski definition) is 1. The van der Waals surface area contributed by atoms with E-state index in [2.05, 4.69) is 10.6 Å². The van der Waals surface area contributed by atoms with Gasteiger partial charge in [-0.15, -0.1) is 0 Å². The van der Waals surface area contributed by atoms with Gasteiger partial charge < -0.3 is 0 Å².